The minimum Gasteiger partial charge on any atom is -0.463 e. The predicted octanol–water partition coefficient (Wildman–Crippen LogP) is 3.82. The van der Waals surface area contributed by atoms with Crippen molar-refractivity contribution in [3.8, 4) is 11.5 Å². The van der Waals surface area contributed by atoms with Gasteiger partial charge in [0.15, 0.2) is 29.8 Å². The van der Waals surface area contributed by atoms with Crippen LogP contribution in [0, 0.1) is 17.5 Å². The van der Waals surface area contributed by atoms with E-state index in [9.17, 15) is 27.6 Å². The van der Waals surface area contributed by atoms with Gasteiger partial charge in [-0.2, -0.15) is 0 Å². The average Bonchev–Trinajstić information content (AvgIpc) is 3.41. The molecule has 0 bridgehead atoms. The lowest BCUT2D eigenvalue weighted by Gasteiger charge is -2.10. The van der Waals surface area contributed by atoms with E-state index < -0.39 is 54.1 Å². The molecule has 0 atom stereocenters. The summed E-state index contributed by atoms with van der Waals surface area (Å²) in [5.74, 6) is -6.81. The minimum absolute atomic E-state index is 0.154. The molecule has 0 spiro atoms. The molecule has 4 rings (SSSR count). The predicted molar refractivity (Wildman–Crippen MR) is 118 cm³/mol. The third-order valence-electron chi connectivity index (χ3n) is 4.80. The zero-order valence-electron chi connectivity index (χ0n) is 17.8. The summed E-state index contributed by atoms with van der Waals surface area (Å²) in [7, 11) is 0. The highest BCUT2D eigenvalue weighted by Crippen LogP contribution is 2.25. The van der Waals surface area contributed by atoms with Crippen molar-refractivity contribution in [2.24, 2.45) is 0 Å². The molecule has 0 fully saturated rings. The molecule has 2 aromatic heterocycles. The summed E-state index contributed by atoms with van der Waals surface area (Å²) in [5.41, 5.74) is 0.470. The van der Waals surface area contributed by atoms with Crippen LogP contribution in [0.15, 0.2) is 65.3 Å². The molecule has 4 aromatic rings. The zero-order chi connectivity index (χ0) is 24.9. The van der Waals surface area contributed by atoms with Gasteiger partial charge in [0.2, 0.25) is 5.91 Å². The van der Waals surface area contributed by atoms with Crippen LogP contribution in [0.25, 0.3) is 22.4 Å². The number of hydrogen-bond donors (Lipinski definition) is 2. The highest BCUT2D eigenvalue weighted by Gasteiger charge is 2.18. The normalized spacial score (nSPS) is 10.7. The van der Waals surface area contributed by atoms with Gasteiger partial charge in [-0.05, 0) is 36.4 Å². The van der Waals surface area contributed by atoms with E-state index in [0.717, 1.165) is 6.07 Å². The molecular weight excluding hydrogens is 467 g/mol. The summed E-state index contributed by atoms with van der Waals surface area (Å²) in [6.07, 6.45) is 1.46. The van der Waals surface area contributed by atoms with Gasteiger partial charge >= 0.3 is 5.97 Å². The van der Waals surface area contributed by atoms with Crippen LogP contribution in [0.5, 0.6) is 0 Å². The van der Waals surface area contributed by atoms with Crippen LogP contribution in [0.1, 0.15) is 10.4 Å². The zero-order valence-corrected chi connectivity index (χ0v) is 17.8. The standard InChI is InChI=1S/C24H16F3N3O5/c25-15-7-8-17(23(27)22(15)26)30-20(31)11-28-21(32)12-35-24(33)14-10-18(19-6-3-9-34-19)29-16-5-2-1-4-13(14)16/h1-10H,11-12H2,(H,28,32)(H,30,31). The number of nitrogens with one attached hydrogen (secondary N) is 2. The van der Waals surface area contributed by atoms with E-state index in [2.05, 4.69) is 10.3 Å². The number of nitrogens with zero attached hydrogens (tertiary/aromatic N) is 1. The van der Waals surface area contributed by atoms with Crippen molar-refractivity contribution < 1.29 is 36.7 Å². The molecule has 8 nitrogen and oxygen atoms in total. The van der Waals surface area contributed by atoms with Gasteiger partial charge in [-0.3, -0.25) is 9.59 Å². The topological polar surface area (TPSA) is 111 Å². The lowest BCUT2D eigenvalue weighted by molar-refractivity contribution is -0.126. The third kappa shape index (κ3) is 5.29. The molecule has 0 saturated carbocycles. The van der Waals surface area contributed by atoms with Gasteiger partial charge in [0, 0.05) is 5.39 Å². The molecule has 0 unspecified atom stereocenters. The molecule has 0 saturated heterocycles. The van der Waals surface area contributed by atoms with E-state index in [1.165, 1.54) is 12.3 Å². The first-order valence-corrected chi connectivity index (χ1v) is 10.1. The fourth-order valence-corrected chi connectivity index (χ4v) is 3.15. The molecule has 11 heteroatoms. The van der Waals surface area contributed by atoms with Crippen molar-refractivity contribution in [1.82, 2.24) is 10.3 Å². The first-order valence-electron chi connectivity index (χ1n) is 10.1. The summed E-state index contributed by atoms with van der Waals surface area (Å²) in [5, 5.41) is 4.69. The molecule has 0 aliphatic carbocycles. The van der Waals surface area contributed by atoms with Crippen LogP contribution >= 0.6 is 0 Å². The fraction of sp³-hybridized carbons (Fsp3) is 0.0833. The molecular formula is C24H16F3N3O5. The average molecular weight is 483 g/mol. The van der Waals surface area contributed by atoms with Gasteiger partial charge < -0.3 is 19.8 Å². The van der Waals surface area contributed by atoms with Crippen molar-refractivity contribution in [2.45, 2.75) is 0 Å². The van der Waals surface area contributed by atoms with Crippen LogP contribution in [0.3, 0.4) is 0 Å². The number of fused-ring (bicyclic) bond motifs is 1. The Morgan fingerprint density at radius 1 is 0.943 bits per heavy atom. The molecule has 178 valence electrons. The highest BCUT2D eigenvalue weighted by atomic mass is 19.2. The van der Waals surface area contributed by atoms with Gasteiger partial charge in [0.05, 0.1) is 29.6 Å². The molecule has 2 N–H and O–H groups in total. The SMILES string of the molecule is O=C(COC(=O)c1cc(-c2ccco2)nc2ccccc12)NCC(=O)Nc1ccc(F)c(F)c1F. The largest absolute Gasteiger partial charge is 0.463 e. The van der Waals surface area contributed by atoms with Gasteiger partial charge in [-0.15, -0.1) is 0 Å². The summed E-state index contributed by atoms with van der Waals surface area (Å²) in [6.45, 7) is -1.34. The Balaban J connectivity index is 1.37. The Bertz CT molecular complexity index is 1420. The number of furan rings is 1. The van der Waals surface area contributed by atoms with Gasteiger partial charge in [-0.1, -0.05) is 18.2 Å². The van der Waals surface area contributed by atoms with Crippen LogP contribution in [0.2, 0.25) is 0 Å². The van der Waals surface area contributed by atoms with E-state index in [0.29, 0.717) is 28.4 Å². The maximum absolute atomic E-state index is 13.6. The fourth-order valence-electron chi connectivity index (χ4n) is 3.15. The van der Waals surface area contributed by atoms with E-state index in [1.54, 1.807) is 36.4 Å². The third-order valence-corrected chi connectivity index (χ3v) is 4.80. The second-order valence-electron chi connectivity index (χ2n) is 7.17. The number of anilines is 1. The van der Waals surface area contributed by atoms with E-state index in [4.69, 9.17) is 9.15 Å². The maximum atomic E-state index is 13.6. The van der Waals surface area contributed by atoms with Crippen LogP contribution in [0.4, 0.5) is 18.9 Å². The highest BCUT2D eigenvalue weighted by molar-refractivity contribution is 6.05. The summed E-state index contributed by atoms with van der Waals surface area (Å²) < 4.78 is 50.3. The van der Waals surface area contributed by atoms with Gasteiger partial charge in [0.1, 0.15) is 5.69 Å². The number of hydrogen-bond acceptors (Lipinski definition) is 6. The first-order chi connectivity index (χ1) is 16.8. The number of pyridine rings is 1. The minimum atomic E-state index is -1.74. The molecule has 35 heavy (non-hydrogen) atoms. The number of aromatic nitrogens is 1. The summed E-state index contributed by atoms with van der Waals surface area (Å²) in [6, 6.07) is 13.2. The number of esters is 1. The van der Waals surface area contributed by atoms with Crippen LogP contribution in [-0.2, 0) is 14.3 Å². The number of amides is 2. The number of rotatable bonds is 7. The first kappa shape index (κ1) is 23.5. The molecule has 0 radical (unpaired) electrons. The Hall–Kier alpha value is -4.67. The second kappa shape index (κ2) is 10.1. The van der Waals surface area contributed by atoms with E-state index in [-0.39, 0.29) is 5.56 Å². The van der Waals surface area contributed by atoms with Crippen molar-refractivity contribution in [1.29, 1.82) is 0 Å². The monoisotopic (exact) mass is 483 g/mol. The van der Waals surface area contributed by atoms with Crippen LogP contribution < -0.4 is 10.6 Å². The molecule has 0 aliphatic heterocycles. The van der Waals surface area contributed by atoms with Gasteiger partial charge in [-0.25, -0.2) is 22.9 Å². The second-order valence-corrected chi connectivity index (χ2v) is 7.17. The molecule has 2 amide bonds. The molecule has 2 heterocycles. The number of carbonyl (C=O) groups is 3. The lowest BCUT2D eigenvalue weighted by Crippen LogP contribution is -2.35. The van der Waals surface area contributed by atoms with Crippen molar-refractivity contribution >= 4 is 34.4 Å². The number of benzene rings is 2. The van der Waals surface area contributed by atoms with Crippen molar-refractivity contribution in [3.63, 3.8) is 0 Å². The van der Waals surface area contributed by atoms with Gasteiger partial charge in [0.25, 0.3) is 5.91 Å². The summed E-state index contributed by atoms with van der Waals surface area (Å²) >= 11 is 0. The number of halogens is 3. The molecule has 0 aliphatic rings. The smallest absolute Gasteiger partial charge is 0.339 e. The van der Waals surface area contributed by atoms with Crippen molar-refractivity contribution in [2.75, 3.05) is 18.5 Å². The van der Waals surface area contributed by atoms with E-state index in [1.807, 2.05) is 5.32 Å². The number of para-hydroxylation sites is 1. The van der Waals surface area contributed by atoms with Crippen LogP contribution in [-0.4, -0.2) is 35.9 Å². The Labute approximate surface area is 195 Å². The quantitative estimate of drug-likeness (QED) is 0.306. The Morgan fingerprint density at radius 3 is 2.51 bits per heavy atom. The van der Waals surface area contributed by atoms with E-state index >= 15 is 0 Å². The maximum Gasteiger partial charge on any atom is 0.339 e. The Morgan fingerprint density at radius 2 is 1.74 bits per heavy atom. The number of ether oxygens (including phenoxy) is 1. The molecule has 2 aromatic carbocycles. The Kier molecular flexibility index (Phi) is 6.76. The lowest BCUT2D eigenvalue weighted by atomic mass is 10.1. The van der Waals surface area contributed by atoms with Crippen molar-refractivity contribution in [3.05, 3.63) is 83.9 Å². The number of carbonyl (C=O) groups excluding carboxylic acids is 3. The summed E-state index contributed by atoms with van der Waals surface area (Å²) in [4.78, 5) is 41.1.